The van der Waals surface area contributed by atoms with Crippen LogP contribution >= 0.6 is 0 Å². The maximum Gasteiger partial charge on any atom is 0.238 e. The Balaban J connectivity index is 2.86. The van der Waals surface area contributed by atoms with Crippen LogP contribution in [-0.2, 0) is 10.0 Å². The Hall–Kier alpha value is -1.11. The van der Waals surface area contributed by atoms with E-state index in [9.17, 15) is 8.42 Å². The minimum atomic E-state index is -3.67. The summed E-state index contributed by atoms with van der Waals surface area (Å²) < 4.78 is 28.5. The third-order valence-corrected chi connectivity index (χ3v) is 3.85. The molecule has 114 valence electrons. The molecule has 0 fully saturated rings. The average molecular weight is 300 g/mol. The van der Waals surface area contributed by atoms with Crippen LogP contribution in [0.1, 0.15) is 31.7 Å². The summed E-state index contributed by atoms with van der Waals surface area (Å²) in [5, 5.41) is 5.16. The SMILES string of the molecule is CC(C)c1cc(S(N)(=O)=O)ccc1OCCCN(C)C. The molecule has 1 rings (SSSR count). The topological polar surface area (TPSA) is 72.6 Å². The maximum absolute atomic E-state index is 11.4. The standard InChI is InChI=1S/C14H24N2O3S/c1-11(2)13-10-12(20(15,17)18)6-7-14(13)19-9-5-8-16(3)4/h6-7,10-11H,5,8-9H2,1-4H3,(H2,15,17,18). The molecule has 0 aliphatic heterocycles. The van der Waals surface area contributed by atoms with Crippen molar-refractivity contribution >= 4 is 10.0 Å². The molecule has 5 nitrogen and oxygen atoms in total. The molecule has 0 spiro atoms. The second-order valence-electron chi connectivity index (χ2n) is 5.40. The molecule has 20 heavy (non-hydrogen) atoms. The van der Waals surface area contributed by atoms with Crippen LogP contribution in [0.5, 0.6) is 5.75 Å². The van der Waals surface area contributed by atoms with Gasteiger partial charge in [-0.1, -0.05) is 13.8 Å². The zero-order valence-corrected chi connectivity index (χ0v) is 13.4. The van der Waals surface area contributed by atoms with E-state index in [0.29, 0.717) is 6.61 Å². The summed E-state index contributed by atoms with van der Waals surface area (Å²) in [6.07, 6.45) is 0.918. The lowest BCUT2D eigenvalue weighted by atomic mass is 10.0. The Morgan fingerprint density at radius 2 is 1.95 bits per heavy atom. The van der Waals surface area contributed by atoms with E-state index in [0.717, 1.165) is 24.3 Å². The van der Waals surface area contributed by atoms with Crippen LogP contribution in [0.3, 0.4) is 0 Å². The molecule has 0 aromatic heterocycles. The quantitative estimate of drug-likeness (QED) is 0.779. The first kappa shape index (κ1) is 16.9. The number of ether oxygens (including phenoxy) is 1. The van der Waals surface area contributed by atoms with Crippen molar-refractivity contribution in [3.8, 4) is 5.75 Å². The first-order chi connectivity index (χ1) is 9.21. The first-order valence-electron chi connectivity index (χ1n) is 6.66. The van der Waals surface area contributed by atoms with Gasteiger partial charge in [0.15, 0.2) is 0 Å². The van der Waals surface area contributed by atoms with E-state index in [-0.39, 0.29) is 10.8 Å². The number of sulfonamides is 1. The van der Waals surface area contributed by atoms with E-state index in [2.05, 4.69) is 4.90 Å². The molecule has 0 aliphatic carbocycles. The van der Waals surface area contributed by atoms with Gasteiger partial charge >= 0.3 is 0 Å². The van der Waals surface area contributed by atoms with Crippen molar-refractivity contribution in [2.45, 2.75) is 31.1 Å². The minimum absolute atomic E-state index is 0.127. The van der Waals surface area contributed by atoms with Gasteiger partial charge in [0.1, 0.15) is 5.75 Å². The van der Waals surface area contributed by atoms with Crippen molar-refractivity contribution in [1.82, 2.24) is 4.90 Å². The van der Waals surface area contributed by atoms with Gasteiger partial charge in [0, 0.05) is 6.54 Å². The van der Waals surface area contributed by atoms with Crippen molar-refractivity contribution in [1.29, 1.82) is 0 Å². The Kier molecular flexibility index (Phi) is 5.98. The lowest BCUT2D eigenvalue weighted by Gasteiger charge is -2.16. The zero-order chi connectivity index (χ0) is 15.3. The number of benzene rings is 1. The van der Waals surface area contributed by atoms with Gasteiger partial charge in [-0.3, -0.25) is 0 Å². The molecule has 0 aliphatic rings. The largest absolute Gasteiger partial charge is 0.493 e. The van der Waals surface area contributed by atoms with Crippen LogP contribution in [0.25, 0.3) is 0 Å². The summed E-state index contributed by atoms with van der Waals surface area (Å²) in [4.78, 5) is 2.22. The van der Waals surface area contributed by atoms with Crippen molar-refractivity contribution in [2.24, 2.45) is 5.14 Å². The lowest BCUT2D eigenvalue weighted by molar-refractivity contribution is 0.278. The monoisotopic (exact) mass is 300 g/mol. The van der Waals surface area contributed by atoms with E-state index in [1.54, 1.807) is 12.1 Å². The second-order valence-corrected chi connectivity index (χ2v) is 6.97. The van der Waals surface area contributed by atoms with Gasteiger partial charge in [0.2, 0.25) is 10.0 Å². The van der Waals surface area contributed by atoms with E-state index in [4.69, 9.17) is 9.88 Å². The summed E-state index contributed by atoms with van der Waals surface area (Å²) in [7, 11) is 0.354. The number of hydrogen-bond donors (Lipinski definition) is 1. The highest BCUT2D eigenvalue weighted by Crippen LogP contribution is 2.28. The van der Waals surface area contributed by atoms with Gasteiger partial charge in [-0.25, -0.2) is 13.6 Å². The van der Waals surface area contributed by atoms with Gasteiger partial charge in [0.25, 0.3) is 0 Å². The smallest absolute Gasteiger partial charge is 0.238 e. The fourth-order valence-corrected chi connectivity index (χ4v) is 2.40. The number of nitrogens with two attached hydrogens (primary N) is 1. The van der Waals surface area contributed by atoms with Gasteiger partial charge < -0.3 is 9.64 Å². The van der Waals surface area contributed by atoms with Crippen molar-refractivity contribution in [3.05, 3.63) is 23.8 Å². The fourth-order valence-electron chi connectivity index (χ4n) is 1.85. The van der Waals surface area contributed by atoms with Gasteiger partial charge in [-0.15, -0.1) is 0 Å². The summed E-state index contributed by atoms with van der Waals surface area (Å²) >= 11 is 0. The van der Waals surface area contributed by atoms with Crippen molar-refractivity contribution in [3.63, 3.8) is 0 Å². The molecular formula is C14H24N2O3S. The summed E-state index contributed by atoms with van der Waals surface area (Å²) in [6, 6.07) is 4.77. The zero-order valence-electron chi connectivity index (χ0n) is 12.6. The van der Waals surface area contributed by atoms with E-state index in [1.807, 2.05) is 27.9 Å². The Labute approximate surface area is 121 Å². The van der Waals surface area contributed by atoms with Gasteiger partial charge in [-0.05, 0) is 50.2 Å². The molecular weight excluding hydrogens is 276 g/mol. The number of rotatable bonds is 7. The van der Waals surface area contributed by atoms with Crippen LogP contribution in [0.15, 0.2) is 23.1 Å². The lowest BCUT2D eigenvalue weighted by Crippen LogP contribution is -2.16. The van der Waals surface area contributed by atoms with E-state index in [1.165, 1.54) is 6.07 Å². The van der Waals surface area contributed by atoms with Crippen LogP contribution in [0.4, 0.5) is 0 Å². The van der Waals surface area contributed by atoms with Crippen LogP contribution in [0, 0.1) is 0 Å². The molecule has 0 saturated carbocycles. The van der Waals surface area contributed by atoms with Crippen LogP contribution in [0.2, 0.25) is 0 Å². The Morgan fingerprint density at radius 3 is 2.45 bits per heavy atom. The molecule has 0 saturated heterocycles. The van der Waals surface area contributed by atoms with E-state index < -0.39 is 10.0 Å². The molecule has 1 aromatic carbocycles. The number of nitrogens with zero attached hydrogens (tertiary/aromatic N) is 1. The molecule has 2 N–H and O–H groups in total. The minimum Gasteiger partial charge on any atom is -0.493 e. The molecule has 6 heteroatoms. The Morgan fingerprint density at radius 1 is 1.30 bits per heavy atom. The van der Waals surface area contributed by atoms with Crippen molar-refractivity contribution in [2.75, 3.05) is 27.2 Å². The predicted molar refractivity (Wildman–Crippen MR) is 80.6 cm³/mol. The number of primary sulfonamides is 1. The van der Waals surface area contributed by atoms with E-state index >= 15 is 0 Å². The molecule has 0 atom stereocenters. The maximum atomic E-state index is 11.4. The predicted octanol–water partition coefficient (Wildman–Crippen LogP) is 1.79. The number of hydrogen-bond acceptors (Lipinski definition) is 4. The van der Waals surface area contributed by atoms with Crippen LogP contribution in [-0.4, -0.2) is 40.6 Å². The normalized spacial score (nSPS) is 12.2. The third-order valence-electron chi connectivity index (χ3n) is 2.94. The molecule has 0 radical (unpaired) electrons. The van der Waals surface area contributed by atoms with Gasteiger partial charge in [-0.2, -0.15) is 0 Å². The summed E-state index contributed by atoms with van der Waals surface area (Å²) in [5.41, 5.74) is 0.862. The fraction of sp³-hybridized carbons (Fsp3) is 0.571. The second kappa shape index (κ2) is 7.06. The highest BCUT2D eigenvalue weighted by atomic mass is 32.2. The third kappa shape index (κ3) is 5.11. The molecule has 0 bridgehead atoms. The summed E-state index contributed by atoms with van der Waals surface area (Å²) in [6.45, 7) is 5.54. The highest BCUT2D eigenvalue weighted by molar-refractivity contribution is 7.89. The Bertz CT molecular complexity index is 539. The van der Waals surface area contributed by atoms with Gasteiger partial charge in [0.05, 0.1) is 11.5 Å². The molecule has 0 unspecified atom stereocenters. The van der Waals surface area contributed by atoms with Crippen LogP contribution < -0.4 is 9.88 Å². The molecule has 0 heterocycles. The summed E-state index contributed by atoms with van der Waals surface area (Å²) in [5.74, 6) is 0.895. The highest BCUT2D eigenvalue weighted by Gasteiger charge is 2.14. The average Bonchev–Trinajstić information content (AvgIpc) is 2.33. The molecule has 1 aromatic rings. The molecule has 0 amide bonds. The first-order valence-corrected chi connectivity index (χ1v) is 8.20. The van der Waals surface area contributed by atoms with Crippen molar-refractivity contribution < 1.29 is 13.2 Å².